The van der Waals surface area contributed by atoms with Gasteiger partial charge in [0.2, 0.25) is 0 Å². The number of benzene rings is 1. The van der Waals surface area contributed by atoms with Gasteiger partial charge in [0.05, 0.1) is 6.61 Å². The van der Waals surface area contributed by atoms with E-state index in [1.165, 1.54) is 20.2 Å². The Morgan fingerprint density at radius 1 is 1.05 bits per heavy atom. The number of ether oxygens (including phenoxy) is 1. The number of hydrogen-bond donors (Lipinski definition) is 0. The van der Waals surface area contributed by atoms with Crippen LogP contribution in [-0.2, 0) is 9.59 Å². The highest BCUT2D eigenvalue weighted by Crippen LogP contribution is 2.19. The van der Waals surface area contributed by atoms with Crippen LogP contribution in [-0.4, -0.2) is 53.7 Å². The van der Waals surface area contributed by atoms with Gasteiger partial charge < -0.3 is 4.74 Å². The minimum absolute atomic E-state index is 0.0428. The van der Waals surface area contributed by atoms with Gasteiger partial charge in [0.15, 0.2) is 0 Å². The Morgan fingerprint density at radius 3 is 2.09 bits per heavy atom. The topological polar surface area (TPSA) is 66.9 Å². The molecule has 0 saturated carbocycles. The fourth-order valence-electron chi connectivity index (χ4n) is 1.96. The van der Waals surface area contributed by atoms with Gasteiger partial charge >= 0.3 is 6.03 Å². The first-order valence-corrected chi connectivity index (χ1v) is 7.68. The lowest BCUT2D eigenvalue weighted by molar-refractivity contribution is -0.134. The second kappa shape index (κ2) is 6.74. The Bertz CT molecular complexity index is 613. The summed E-state index contributed by atoms with van der Waals surface area (Å²) >= 11 is 3.27. The molecule has 2 rings (SSSR count). The third kappa shape index (κ3) is 3.19. The molecule has 7 heteroatoms. The number of carbonyl (C=O) groups excluding carboxylic acids is 3. The lowest BCUT2D eigenvalue weighted by atomic mass is 10.1. The quantitative estimate of drug-likeness (QED) is 0.463. The molecule has 4 amide bonds. The summed E-state index contributed by atoms with van der Waals surface area (Å²) in [6.45, 7) is 0.551. The molecule has 1 fully saturated rings. The summed E-state index contributed by atoms with van der Waals surface area (Å²) in [5, 5.41) is 0.731. The molecule has 0 spiro atoms. The zero-order valence-electron chi connectivity index (χ0n) is 12.2. The molecular formula is C15H15BrN2O4. The zero-order chi connectivity index (χ0) is 16.3. The Hall–Kier alpha value is -2.15. The Labute approximate surface area is 136 Å². The molecule has 1 aromatic carbocycles. The van der Waals surface area contributed by atoms with E-state index in [1.807, 2.05) is 0 Å². The lowest BCUT2D eigenvalue weighted by Crippen LogP contribution is -2.52. The van der Waals surface area contributed by atoms with Gasteiger partial charge in [-0.3, -0.25) is 19.4 Å². The minimum Gasteiger partial charge on any atom is -0.493 e. The van der Waals surface area contributed by atoms with E-state index in [-0.39, 0.29) is 5.57 Å². The molecule has 1 aliphatic rings. The van der Waals surface area contributed by atoms with Crippen LogP contribution in [0.1, 0.15) is 5.56 Å². The molecule has 1 saturated heterocycles. The van der Waals surface area contributed by atoms with Crippen molar-refractivity contribution in [2.45, 2.75) is 0 Å². The highest BCUT2D eigenvalue weighted by atomic mass is 79.9. The molecule has 0 bridgehead atoms. The number of imide groups is 2. The molecule has 0 atom stereocenters. The van der Waals surface area contributed by atoms with Crippen molar-refractivity contribution in [2.75, 3.05) is 26.0 Å². The predicted octanol–water partition coefficient (Wildman–Crippen LogP) is 1.89. The van der Waals surface area contributed by atoms with Gasteiger partial charge in [-0.25, -0.2) is 4.79 Å². The zero-order valence-corrected chi connectivity index (χ0v) is 13.8. The lowest BCUT2D eigenvalue weighted by Gasteiger charge is -2.28. The van der Waals surface area contributed by atoms with Crippen LogP contribution in [0.3, 0.4) is 0 Å². The van der Waals surface area contributed by atoms with E-state index in [9.17, 15) is 14.4 Å². The van der Waals surface area contributed by atoms with E-state index in [0.717, 1.165) is 15.1 Å². The van der Waals surface area contributed by atoms with Crippen molar-refractivity contribution in [3.05, 3.63) is 35.4 Å². The van der Waals surface area contributed by atoms with Gasteiger partial charge in [-0.05, 0) is 23.8 Å². The molecule has 22 heavy (non-hydrogen) atoms. The third-order valence-corrected chi connectivity index (χ3v) is 3.50. The maximum atomic E-state index is 12.1. The van der Waals surface area contributed by atoms with Crippen LogP contribution in [0.4, 0.5) is 4.79 Å². The van der Waals surface area contributed by atoms with Crippen molar-refractivity contribution < 1.29 is 19.1 Å². The van der Waals surface area contributed by atoms with E-state index >= 15 is 0 Å². The number of carbonyl (C=O) groups is 3. The fourth-order valence-corrected chi connectivity index (χ4v) is 2.12. The van der Waals surface area contributed by atoms with Gasteiger partial charge in [0.25, 0.3) is 11.8 Å². The Morgan fingerprint density at radius 2 is 1.59 bits per heavy atom. The number of amides is 4. The van der Waals surface area contributed by atoms with Crippen molar-refractivity contribution >= 4 is 39.9 Å². The number of rotatable bonds is 4. The molecule has 0 N–H and O–H groups in total. The molecule has 0 radical (unpaired) electrons. The number of nitrogens with zero attached hydrogens (tertiary/aromatic N) is 2. The highest BCUT2D eigenvalue weighted by molar-refractivity contribution is 9.09. The number of alkyl halides is 1. The SMILES string of the molecule is CN1C(=O)C(=Cc2ccc(OCCBr)cc2)C(=O)N(C)C1=O. The standard InChI is InChI=1S/C15H15BrN2O4/c1-17-13(19)12(14(20)18(2)15(17)21)9-10-3-5-11(6-4-10)22-8-7-16/h3-6,9H,7-8H2,1-2H3. The normalized spacial score (nSPS) is 15.4. The van der Waals surface area contributed by atoms with Crippen molar-refractivity contribution in [3.8, 4) is 5.75 Å². The van der Waals surface area contributed by atoms with Gasteiger partial charge in [-0.1, -0.05) is 28.1 Å². The number of halogens is 1. The summed E-state index contributed by atoms with van der Waals surface area (Å²) in [5.41, 5.74) is 0.637. The van der Waals surface area contributed by atoms with Crippen molar-refractivity contribution in [3.63, 3.8) is 0 Å². The molecule has 1 heterocycles. The fraction of sp³-hybridized carbons (Fsp3) is 0.267. The van der Waals surface area contributed by atoms with E-state index in [2.05, 4.69) is 15.9 Å². The Kier molecular flexibility index (Phi) is 4.97. The third-order valence-electron chi connectivity index (χ3n) is 3.18. The molecule has 1 aromatic rings. The molecular weight excluding hydrogens is 352 g/mol. The van der Waals surface area contributed by atoms with Crippen molar-refractivity contribution in [2.24, 2.45) is 0 Å². The second-order valence-corrected chi connectivity index (χ2v) is 5.47. The predicted molar refractivity (Wildman–Crippen MR) is 84.6 cm³/mol. The van der Waals surface area contributed by atoms with Crippen LogP contribution >= 0.6 is 15.9 Å². The van der Waals surface area contributed by atoms with Gasteiger partial charge in [0.1, 0.15) is 11.3 Å². The van der Waals surface area contributed by atoms with Gasteiger partial charge in [-0.15, -0.1) is 0 Å². The van der Waals surface area contributed by atoms with E-state index in [4.69, 9.17) is 4.74 Å². The number of likely N-dealkylation sites (N-methyl/N-ethyl adjacent to an activating group) is 2. The van der Waals surface area contributed by atoms with Crippen LogP contribution in [0.25, 0.3) is 6.08 Å². The number of urea groups is 1. The van der Waals surface area contributed by atoms with Crippen LogP contribution in [0.5, 0.6) is 5.75 Å². The first-order valence-electron chi connectivity index (χ1n) is 6.56. The summed E-state index contributed by atoms with van der Waals surface area (Å²) < 4.78 is 5.43. The van der Waals surface area contributed by atoms with E-state index < -0.39 is 17.8 Å². The first-order chi connectivity index (χ1) is 10.5. The summed E-state index contributed by atoms with van der Waals surface area (Å²) in [6.07, 6.45) is 1.47. The van der Waals surface area contributed by atoms with Crippen LogP contribution < -0.4 is 4.74 Å². The van der Waals surface area contributed by atoms with Crippen molar-refractivity contribution in [1.29, 1.82) is 0 Å². The summed E-state index contributed by atoms with van der Waals surface area (Å²) in [5.74, 6) is -0.507. The average molecular weight is 367 g/mol. The van der Waals surface area contributed by atoms with E-state index in [1.54, 1.807) is 24.3 Å². The Balaban J connectivity index is 2.25. The number of hydrogen-bond acceptors (Lipinski definition) is 4. The summed E-state index contributed by atoms with van der Waals surface area (Å²) in [6, 6.07) is 6.36. The summed E-state index contributed by atoms with van der Waals surface area (Å²) in [4.78, 5) is 37.6. The molecule has 0 aromatic heterocycles. The molecule has 6 nitrogen and oxygen atoms in total. The van der Waals surface area contributed by atoms with Crippen LogP contribution in [0.2, 0.25) is 0 Å². The smallest absolute Gasteiger partial charge is 0.333 e. The molecule has 1 aliphatic heterocycles. The van der Waals surface area contributed by atoms with Gasteiger partial charge in [-0.2, -0.15) is 0 Å². The van der Waals surface area contributed by atoms with Crippen molar-refractivity contribution in [1.82, 2.24) is 9.80 Å². The first kappa shape index (κ1) is 16.2. The molecule has 0 aliphatic carbocycles. The van der Waals surface area contributed by atoms with Gasteiger partial charge in [0, 0.05) is 19.4 Å². The number of barbiturate groups is 1. The largest absolute Gasteiger partial charge is 0.493 e. The molecule has 0 unspecified atom stereocenters. The minimum atomic E-state index is -0.634. The highest BCUT2D eigenvalue weighted by Gasteiger charge is 2.37. The van der Waals surface area contributed by atoms with Crippen LogP contribution in [0, 0.1) is 0 Å². The van der Waals surface area contributed by atoms with E-state index in [0.29, 0.717) is 17.9 Å². The van der Waals surface area contributed by atoms with Crippen LogP contribution in [0.15, 0.2) is 29.8 Å². The second-order valence-electron chi connectivity index (χ2n) is 4.68. The maximum Gasteiger partial charge on any atom is 0.333 e. The monoisotopic (exact) mass is 366 g/mol. The summed E-state index contributed by atoms with van der Waals surface area (Å²) in [7, 11) is 2.69. The maximum absolute atomic E-state index is 12.1. The molecule has 116 valence electrons. The average Bonchev–Trinajstić information content (AvgIpc) is 2.54.